The lowest BCUT2D eigenvalue weighted by Gasteiger charge is -2.08. The first kappa shape index (κ1) is 12.9. The Hall–Kier alpha value is -1.13. The SMILES string of the molecule is COc1ccc(CNOCC(C)C)cc1F. The maximum Gasteiger partial charge on any atom is 0.165 e. The molecule has 4 heteroatoms. The largest absolute Gasteiger partial charge is 0.494 e. The van der Waals surface area contributed by atoms with E-state index in [0.717, 1.165) is 5.56 Å². The summed E-state index contributed by atoms with van der Waals surface area (Å²) in [6, 6.07) is 4.84. The average Bonchev–Trinajstić information content (AvgIpc) is 2.24. The first-order valence-corrected chi connectivity index (χ1v) is 5.30. The van der Waals surface area contributed by atoms with Crippen LogP contribution in [0.3, 0.4) is 0 Å². The van der Waals surface area contributed by atoms with Gasteiger partial charge in [0.25, 0.3) is 0 Å². The maximum absolute atomic E-state index is 13.3. The Kier molecular flexibility index (Phi) is 5.22. The lowest BCUT2D eigenvalue weighted by molar-refractivity contribution is 0.0196. The second-order valence-electron chi connectivity index (χ2n) is 3.99. The molecule has 3 nitrogen and oxygen atoms in total. The third-order valence-electron chi connectivity index (χ3n) is 2.01. The number of hydrogen-bond acceptors (Lipinski definition) is 3. The van der Waals surface area contributed by atoms with Crippen LogP contribution in [0.2, 0.25) is 0 Å². The van der Waals surface area contributed by atoms with Gasteiger partial charge in [-0.25, -0.2) is 4.39 Å². The first-order chi connectivity index (χ1) is 7.63. The van der Waals surface area contributed by atoms with E-state index in [2.05, 4.69) is 19.3 Å². The van der Waals surface area contributed by atoms with Crippen LogP contribution in [0.5, 0.6) is 5.75 Å². The van der Waals surface area contributed by atoms with Crippen LogP contribution in [0.25, 0.3) is 0 Å². The molecule has 0 unspecified atom stereocenters. The molecule has 0 atom stereocenters. The Morgan fingerprint density at radius 3 is 2.69 bits per heavy atom. The van der Waals surface area contributed by atoms with Gasteiger partial charge in [0.05, 0.1) is 13.7 Å². The third kappa shape index (κ3) is 4.16. The van der Waals surface area contributed by atoms with Crippen LogP contribution in [0.1, 0.15) is 19.4 Å². The van der Waals surface area contributed by atoms with Gasteiger partial charge in [-0.1, -0.05) is 19.9 Å². The number of rotatable bonds is 6. The summed E-state index contributed by atoms with van der Waals surface area (Å²) in [6.07, 6.45) is 0. The Balaban J connectivity index is 2.40. The van der Waals surface area contributed by atoms with E-state index in [0.29, 0.717) is 19.1 Å². The summed E-state index contributed by atoms with van der Waals surface area (Å²) in [6.45, 7) is 5.25. The van der Waals surface area contributed by atoms with Crippen molar-refractivity contribution < 1.29 is 14.0 Å². The van der Waals surface area contributed by atoms with E-state index in [1.165, 1.54) is 13.2 Å². The summed E-state index contributed by atoms with van der Waals surface area (Å²) in [4.78, 5) is 5.19. The van der Waals surface area contributed by atoms with E-state index in [-0.39, 0.29) is 11.6 Å². The number of benzene rings is 1. The maximum atomic E-state index is 13.3. The molecule has 0 spiro atoms. The topological polar surface area (TPSA) is 30.5 Å². The molecule has 1 aromatic rings. The van der Waals surface area contributed by atoms with Crippen molar-refractivity contribution in [2.24, 2.45) is 5.92 Å². The summed E-state index contributed by atoms with van der Waals surface area (Å²) in [5, 5.41) is 0. The third-order valence-corrected chi connectivity index (χ3v) is 2.01. The molecular formula is C12H18FNO2. The average molecular weight is 227 g/mol. The molecule has 0 aliphatic carbocycles. The van der Waals surface area contributed by atoms with Gasteiger partial charge in [-0.2, -0.15) is 5.48 Å². The van der Waals surface area contributed by atoms with E-state index >= 15 is 0 Å². The summed E-state index contributed by atoms with van der Waals surface area (Å²) < 4.78 is 18.1. The lowest BCUT2D eigenvalue weighted by Crippen LogP contribution is -2.17. The van der Waals surface area contributed by atoms with E-state index < -0.39 is 0 Å². The highest BCUT2D eigenvalue weighted by molar-refractivity contribution is 5.29. The van der Waals surface area contributed by atoms with E-state index in [4.69, 9.17) is 9.57 Å². The van der Waals surface area contributed by atoms with Crippen molar-refractivity contribution in [2.45, 2.75) is 20.4 Å². The van der Waals surface area contributed by atoms with Gasteiger partial charge in [-0.05, 0) is 23.6 Å². The van der Waals surface area contributed by atoms with Gasteiger partial charge in [0, 0.05) is 6.54 Å². The second kappa shape index (κ2) is 6.45. The summed E-state index contributed by atoms with van der Waals surface area (Å²) >= 11 is 0. The fraction of sp³-hybridized carbons (Fsp3) is 0.500. The zero-order chi connectivity index (χ0) is 12.0. The molecule has 1 rings (SSSR count). The Bertz CT molecular complexity index is 329. The van der Waals surface area contributed by atoms with Gasteiger partial charge in [-0.3, -0.25) is 0 Å². The number of methoxy groups -OCH3 is 1. The van der Waals surface area contributed by atoms with Gasteiger partial charge < -0.3 is 9.57 Å². The highest BCUT2D eigenvalue weighted by Crippen LogP contribution is 2.17. The van der Waals surface area contributed by atoms with Crippen LogP contribution in [0.4, 0.5) is 4.39 Å². The molecule has 90 valence electrons. The quantitative estimate of drug-likeness (QED) is 0.598. The molecule has 0 amide bonds. The van der Waals surface area contributed by atoms with Crippen LogP contribution < -0.4 is 10.2 Å². The lowest BCUT2D eigenvalue weighted by atomic mass is 10.2. The van der Waals surface area contributed by atoms with Crippen molar-refractivity contribution in [1.82, 2.24) is 5.48 Å². The zero-order valence-corrected chi connectivity index (χ0v) is 9.92. The van der Waals surface area contributed by atoms with Gasteiger partial charge in [-0.15, -0.1) is 0 Å². The van der Waals surface area contributed by atoms with Crippen molar-refractivity contribution >= 4 is 0 Å². The van der Waals surface area contributed by atoms with Crippen LogP contribution in [0.15, 0.2) is 18.2 Å². The molecule has 0 aliphatic rings. The van der Waals surface area contributed by atoms with Crippen molar-refractivity contribution in [3.05, 3.63) is 29.6 Å². The molecule has 0 fully saturated rings. The number of halogens is 1. The van der Waals surface area contributed by atoms with Crippen molar-refractivity contribution in [3.8, 4) is 5.75 Å². The highest BCUT2D eigenvalue weighted by atomic mass is 19.1. The van der Waals surface area contributed by atoms with Crippen LogP contribution in [-0.4, -0.2) is 13.7 Å². The Labute approximate surface area is 95.5 Å². The van der Waals surface area contributed by atoms with Gasteiger partial charge in [0.15, 0.2) is 11.6 Å². The summed E-state index contributed by atoms with van der Waals surface area (Å²) in [5.41, 5.74) is 3.61. The monoisotopic (exact) mass is 227 g/mol. The van der Waals surface area contributed by atoms with Gasteiger partial charge >= 0.3 is 0 Å². The van der Waals surface area contributed by atoms with Gasteiger partial charge in [0.1, 0.15) is 0 Å². The first-order valence-electron chi connectivity index (χ1n) is 5.30. The minimum atomic E-state index is -0.356. The standard InChI is InChI=1S/C12H18FNO2/c1-9(2)8-16-14-7-10-4-5-12(15-3)11(13)6-10/h4-6,9,14H,7-8H2,1-3H3. The predicted octanol–water partition coefficient (Wildman–Crippen LogP) is 2.51. The molecule has 0 heterocycles. The van der Waals surface area contributed by atoms with Crippen molar-refractivity contribution in [2.75, 3.05) is 13.7 Å². The number of nitrogens with one attached hydrogen (secondary N) is 1. The second-order valence-corrected chi connectivity index (χ2v) is 3.99. The normalized spacial score (nSPS) is 10.8. The molecule has 0 radical (unpaired) electrons. The Morgan fingerprint density at radius 1 is 1.38 bits per heavy atom. The smallest absolute Gasteiger partial charge is 0.165 e. The van der Waals surface area contributed by atoms with Crippen LogP contribution >= 0.6 is 0 Å². The molecule has 1 N–H and O–H groups in total. The summed E-state index contributed by atoms with van der Waals surface area (Å²) in [7, 11) is 1.45. The van der Waals surface area contributed by atoms with Crippen molar-refractivity contribution in [3.63, 3.8) is 0 Å². The minimum absolute atomic E-state index is 0.256. The molecule has 16 heavy (non-hydrogen) atoms. The van der Waals surface area contributed by atoms with Crippen molar-refractivity contribution in [1.29, 1.82) is 0 Å². The summed E-state index contributed by atoms with van der Waals surface area (Å²) in [5.74, 6) is 0.373. The van der Waals surface area contributed by atoms with Crippen LogP contribution in [0, 0.1) is 11.7 Å². The molecule has 0 aliphatic heterocycles. The predicted molar refractivity (Wildman–Crippen MR) is 60.6 cm³/mol. The number of ether oxygens (including phenoxy) is 1. The number of hydroxylamine groups is 1. The molecule has 0 aromatic heterocycles. The highest BCUT2D eigenvalue weighted by Gasteiger charge is 2.03. The van der Waals surface area contributed by atoms with E-state index in [1.54, 1.807) is 12.1 Å². The molecule has 0 saturated heterocycles. The Morgan fingerprint density at radius 2 is 2.12 bits per heavy atom. The van der Waals surface area contributed by atoms with Gasteiger partial charge in [0.2, 0.25) is 0 Å². The van der Waals surface area contributed by atoms with E-state index in [1.807, 2.05) is 0 Å². The molecular weight excluding hydrogens is 209 g/mol. The van der Waals surface area contributed by atoms with Crippen LogP contribution in [-0.2, 0) is 11.4 Å². The molecule has 0 bridgehead atoms. The zero-order valence-electron chi connectivity index (χ0n) is 9.92. The number of hydrogen-bond donors (Lipinski definition) is 1. The van der Waals surface area contributed by atoms with E-state index in [9.17, 15) is 4.39 Å². The molecule has 0 saturated carbocycles. The minimum Gasteiger partial charge on any atom is -0.494 e. The fourth-order valence-corrected chi connectivity index (χ4v) is 1.18. The fourth-order valence-electron chi connectivity index (χ4n) is 1.18. The molecule has 1 aromatic carbocycles.